The van der Waals surface area contributed by atoms with E-state index < -0.39 is 89.8 Å². The van der Waals surface area contributed by atoms with Crippen molar-refractivity contribution in [1.29, 1.82) is 0 Å². The van der Waals surface area contributed by atoms with Crippen LogP contribution in [0, 0.1) is 0 Å². The van der Waals surface area contributed by atoms with Gasteiger partial charge in [0.1, 0.15) is 30.7 Å². The Hall–Kier alpha value is -3.32. The molecule has 1 fully saturated rings. The van der Waals surface area contributed by atoms with E-state index in [1.807, 2.05) is 42.5 Å². The summed E-state index contributed by atoms with van der Waals surface area (Å²) in [6, 6.07) is 1.24. The number of hydrogen-bond acceptors (Lipinski definition) is 16. The van der Waals surface area contributed by atoms with Crippen molar-refractivity contribution < 1.29 is 71.4 Å². The van der Waals surface area contributed by atoms with E-state index in [2.05, 4.69) is 29.2 Å². The summed E-state index contributed by atoms with van der Waals surface area (Å²) in [5.41, 5.74) is 4.58. The maximum Gasteiger partial charge on any atom is 0.481 e. The molecule has 0 bridgehead atoms. The van der Waals surface area contributed by atoms with Crippen LogP contribution in [-0.2, 0) is 46.3 Å². The molecule has 0 radical (unpaired) electrons. The number of esters is 2. The number of unbranched alkanes of at least 4 members (excludes halogenated alkanes) is 16. The average Bonchev–Trinajstić information content (AvgIpc) is 3.60. The summed E-state index contributed by atoms with van der Waals surface area (Å²) in [4.78, 5) is 61.9. The van der Waals surface area contributed by atoms with Crippen LogP contribution in [0.3, 0.4) is 0 Å². The number of rotatable bonds is 42. The molecule has 1 saturated heterocycles. The van der Waals surface area contributed by atoms with Crippen LogP contribution in [-0.4, -0.2) is 96.9 Å². The third-order valence-electron chi connectivity index (χ3n) is 11.5. The zero-order valence-corrected chi connectivity index (χ0v) is 43.9. The molecule has 406 valence electrons. The number of nitrogen functional groups attached to an aromatic ring is 1. The molecule has 2 rings (SSSR count). The second kappa shape index (κ2) is 38.3. The van der Waals surface area contributed by atoms with Gasteiger partial charge in [-0.1, -0.05) is 165 Å². The van der Waals surface area contributed by atoms with Crippen LogP contribution >= 0.6 is 15.6 Å². The maximum absolute atomic E-state index is 12.8. The highest BCUT2D eigenvalue weighted by Crippen LogP contribution is 2.60. The number of aliphatic hydroxyl groups excluding tert-OH is 3. The van der Waals surface area contributed by atoms with Gasteiger partial charge in [0.2, 0.25) is 0 Å². The Labute approximate surface area is 421 Å². The van der Waals surface area contributed by atoms with Gasteiger partial charge in [-0.05, 0) is 51.0 Å². The van der Waals surface area contributed by atoms with Crippen molar-refractivity contribution in [2.24, 2.45) is 0 Å². The number of aromatic nitrogens is 2. The van der Waals surface area contributed by atoms with Crippen molar-refractivity contribution in [2.45, 2.75) is 211 Å². The van der Waals surface area contributed by atoms with Gasteiger partial charge in [0.05, 0.1) is 19.3 Å². The molecule has 0 saturated carbocycles. The van der Waals surface area contributed by atoms with Gasteiger partial charge >= 0.3 is 33.3 Å². The lowest BCUT2D eigenvalue weighted by molar-refractivity contribution is -0.161. The minimum atomic E-state index is -5.44. The largest absolute Gasteiger partial charge is 0.481 e. The molecule has 1 aliphatic rings. The third kappa shape index (κ3) is 31.1. The van der Waals surface area contributed by atoms with Gasteiger partial charge in [-0.25, -0.2) is 13.9 Å². The summed E-state index contributed by atoms with van der Waals surface area (Å²) in [5.74, 6) is -1.39. The van der Waals surface area contributed by atoms with Crippen LogP contribution in [0.5, 0.6) is 0 Å². The Kier molecular flexibility index (Phi) is 34.4. The van der Waals surface area contributed by atoms with Gasteiger partial charge in [0.15, 0.2) is 12.3 Å². The Morgan fingerprint density at radius 1 is 0.732 bits per heavy atom. The molecule has 0 aliphatic carbocycles. The number of ether oxygens (including phenoxy) is 3. The molecule has 0 spiro atoms. The van der Waals surface area contributed by atoms with Crippen LogP contribution in [0.1, 0.15) is 181 Å². The number of phosphoric ester groups is 2. The predicted molar refractivity (Wildman–Crippen MR) is 272 cm³/mol. The highest BCUT2D eigenvalue weighted by atomic mass is 31.3. The SMILES string of the molecule is CCCCCCCCCCCCCCCCCC(=O)OC[C@H](COP(=O)(O)OP(=O)(O)OC[C@H]1O[C@@H](n2ccc(N)nc2=O)[C@H](O)[C@@H]1O)OC(=O)CCC/C=C\C/C=C\C/C=C\C/C=C\[C@H](O)CCCC. The molecule has 1 aliphatic heterocycles. The molecule has 0 aromatic carbocycles. The lowest BCUT2D eigenvalue weighted by atomic mass is 10.0. The summed E-state index contributed by atoms with van der Waals surface area (Å²) < 4.78 is 56.7. The predicted octanol–water partition coefficient (Wildman–Crippen LogP) is 9.53. The molecule has 21 heteroatoms. The number of phosphoric acid groups is 2. The molecule has 71 heavy (non-hydrogen) atoms. The van der Waals surface area contributed by atoms with Gasteiger partial charge in [0.25, 0.3) is 0 Å². The quantitative estimate of drug-likeness (QED) is 0.0154. The zero-order valence-electron chi connectivity index (χ0n) is 42.1. The van der Waals surface area contributed by atoms with Crippen LogP contribution in [0.4, 0.5) is 5.82 Å². The van der Waals surface area contributed by atoms with E-state index in [0.717, 1.165) is 68.6 Å². The third-order valence-corrected chi connectivity index (χ3v) is 14.1. The Bertz CT molecular complexity index is 1890. The molecule has 0 amide bonds. The van der Waals surface area contributed by atoms with Crippen LogP contribution in [0.2, 0.25) is 0 Å². The van der Waals surface area contributed by atoms with E-state index in [4.69, 9.17) is 29.0 Å². The normalized spacial score (nSPS) is 20.0. The summed E-state index contributed by atoms with van der Waals surface area (Å²) >= 11 is 0. The summed E-state index contributed by atoms with van der Waals surface area (Å²) in [5, 5.41) is 30.8. The first-order chi connectivity index (χ1) is 34.1. The number of nitrogens with zero attached hydrogens (tertiary/aromatic N) is 2. The van der Waals surface area contributed by atoms with Crippen LogP contribution in [0.25, 0.3) is 0 Å². The van der Waals surface area contributed by atoms with Crippen molar-refractivity contribution in [3.8, 4) is 0 Å². The number of carbonyl (C=O) groups is 2. The number of nitrogens with two attached hydrogens (primary N) is 1. The number of hydrogen-bond donors (Lipinski definition) is 6. The van der Waals surface area contributed by atoms with Gasteiger partial charge in [-0.2, -0.15) is 9.29 Å². The zero-order chi connectivity index (χ0) is 52.2. The van der Waals surface area contributed by atoms with Crippen molar-refractivity contribution in [2.75, 3.05) is 25.6 Å². The van der Waals surface area contributed by atoms with E-state index in [1.54, 1.807) is 0 Å². The second-order valence-electron chi connectivity index (χ2n) is 17.8. The Morgan fingerprint density at radius 3 is 1.86 bits per heavy atom. The summed E-state index contributed by atoms with van der Waals surface area (Å²) in [7, 11) is -10.9. The van der Waals surface area contributed by atoms with Crippen LogP contribution < -0.4 is 11.4 Å². The van der Waals surface area contributed by atoms with E-state index in [0.29, 0.717) is 25.7 Å². The molecule has 2 heterocycles. The van der Waals surface area contributed by atoms with Crippen molar-refractivity contribution >= 4 is 33.4 Å². The fourth-order valence-electron chi connectivity index (χ4n) is 7.44. The molecule has 2 unspecified atom stereocenters. The second-order valence-corrected chi connectivity index (χ2v) is 20.9. The van der Waals surface area contributed by atoms with E-state index in [1.165, 1.54) is 70.3 Å². The first-order valence-electron chi connectivity index (χ1n) is 25.7. The van der Waals surface area contributed by atoms with Gasteiger partial charge in [-0.15, -0.1) is 0 Å². The van der Waals surface area contributed by atoms with Crippen LogP contribution in [0.15, 0.2) is 65.7 Å². The molecule has 1 aromatic rings. The first-order valence-corrected chi connectivity index (χ1v) is 28.7. The van der Waals surface area contributed by atoms with E-state index >= 15 is 0 Å². The fourth-order valence-corrected chi connectivity index (χ4v) is 9.55. The smallest absolute Gasteiger partial charge is 0.462 e. The molecular weight excluding hydrogens is 961 g/mol. The first kappa shape index (κ1) is 63.8. The molecule has 7 N–H and O–H groups in total. The monoisotopic (exact) mass is 1050 g/mol. The number of carbonyl (C=O) groups excluding carboxylic acids is 2. The Morgan fingerprint density at radius 2 is 1.27 bits per heavy atom. The minimum Gasteiger partial charge on any atom is -0.462 e. The maximum atomic E-state index is 12.8. The van der Waals surface area contributed by atoms with E-state index in [9.17, 15) is 48.6 Å². The number of allylic oxidation sites excluding steroid dienone is 7. The lowest BCUT2D eigenvalue weighted by Crippen LogP contribution is -2.36. The van der Waals surface area contributed by atoms with Gasteiger partial charge < -0.3 is 45.1 Å². The fraction of sp³-hybridized carbons (Fsp3) is 0.720. The molecule has 8 atom stereocenters. The number of anilines is 1. The minimum absolute atomic E-state index is 0.0420. The molecule has 1 aromatic heterocycles. The molecular formula is C50H85N3O16P2. The summed E-state index contributed by atoms with van der Waals surface area (Å²) in [6.45, 7) is 1.95. The van der Waals surface area contributed by atoms with Gasteiger partial charge in [-0.3, -0.25) is 23.2 Å². The van der Waals surface area contributed by atoms with E-state index in [-0.39, 0.29) is 18.7 Å². The van der Waals surface area contributed by atoms with Crippen molar-refractivity contribution in [3.63, 3.8) is 0 Å². The highest BCUT2D eigenvalue weighted by molar-refractivity contribution is 7.61. The highest BCUT2D eigenvalue weighted by Gasteiger charge is 2.46. The lowest BCUT2D eigenvalue weighted by Gasteiger charge is -2.21. The average molecular weight is 1050 g/mol. The summed E-state index contributed by atoms with van der Waals surface area (Å²) in [6.07, 6.45) is 32.4. The van der Waals surface area contributed by atoms with Crippen molar-refractivity contribution in [1.82, 2.24) is 9.55 Å². The van der Waals surface area contributed by atoms with Crippen molar-refractivity contribution in [3.05, 3.63) is 71.4 Å². The molecule has 19 nitrogen and oxygen atoms in total. The topological polar surface area (TPSA) is 286 Å². The standard InChI is InChI=1S/C50H85N3O16P2/c1-3-5-7-8-9-10-11-12-13-14-18-21-24-27-30-34-45(55)64-38-42(67-46(56)35-31-28-25-22-19-16-15-17-20-23-26-29-33-41(54)32-6-4-2)39-65-70(60,61)69-71(62,63)66-40-43-47(57)48(58)49(68-43)53-37-36-44(51)52-50(53)59/h15-16,20,22-23,25,29,33,36-37,41-43,47-49,54,57-58H,3-14,17-19,21,24,26-28,30-32,34-35,38-40H2,1-2H3,(H,60,61)(H,62,63)(H2,51,52,59)/b16-15-,23-20-,25-22-,33-29-/t41-,42-,43-,47-,48-,49-/m1/s1. The van der Waals surface area contributed by atoms with Gasteiger partial charge in [0, 0.05) is 19.0 Å². The Balaban J connectivity index is 1.83. The number of aliphatic hydroxyl groups is 3.